The van der Waals surface area contributed by atoms with E-state index in [9.17, 15) is 9.90 Å². The van der Waals surface area contributed by atoms with E-state index in [1.54, 1.807) is 17.0 Å². The fraction of sp³-hybridized carbons (Fsp3) is 0.462. The molecule has 1 aromatic rings. The molecule has 4 heteroatoms. The van der Waals surface area contributed by atoms with Crippen molar-refractivity contribution in [1.82, 2.24) is 4.90 Å². The lowest BCUT2D eigenvalue weighted by molar-refractivity contribution is 0.0709. The number of aryl methyl sites for hydroxylation is 1. The van der Waals surface area contributed by atoms with E-state index in [2.05, 4.69) is 0 Å². The second-order valence-electron chi connectivity index (χ2n) is 4.40. The van der Waals surface area contributed by atoms with Crippen molar-refractivity contribution >= 4 is 5.91 Å². The van der Waals surface area contributed by atoms with Crippen LogP contribution in [0.3, 0.4) is 0 Å². The molecular formula is C13H20N2O2. The number of phenols is 1. The molecule has 0 aliphatic carbocycles. The van der Waals surface area contributed by atoms with Gasteiger partial charge in [0.05, 0.1) is 5.56 Å². The van der Waals surface area contributed by atoms with Gasteiger partial charge < -0.3 is 15.7 Å². The Hall–Kier alpha value is -1.55. The van der Waals surface area contributed by atoms with E-state index in [-0.39, 0.29) is 17.7 Å². The monoisotopic (exact) mass is 236 g/mol. The zero-order chi connectivity index (χ0) is 13.0. The summed E-state index contributed by atoms with van der Waals surface area (Å²) in [6.45, 7) is 6.63. The van der Waals surface area contributed by atoms with Crippen molar-refractivity contribution in [2.45, 2.75) is 26.8 Å². The van der Waals surface area contributed by atoms with Gasteiger partial charge in [-0.2, -0.15) is 0 Å². The molecule has 0 unspecified atom stereocenters. The van der Waals surface area contributed by atoms with E-state index in [0.29, 0.717) is 18.7 Å². The molecule has 0 heterocycles. The molecule has 0 aromatic heterocycles. The Morgan fingerprint density at radius 1 is 1.47 bits per heavy atom. The van der Waals surface area contributed by atoms with Gasteiger partial charge in [-0.3, -0.25) is 4.79 Å². The molecule has 1 rings (SSSR count). The highest BCUT2D eigenvalue weighted by molar-refractivity contribution is 5.97. The number of rotatable bonds is 4. The van der Waals surface area contributed by atoms with Crippen LogP contribution >= 0.6 is 0 Å². The molecule has 0 atom stereocenters. The summed E-state index contributed by atoms with van der Waals surface area (Å²) in [5.74, 6) is -0.152. The number of aromatic hydroxyl groups is 1. The van der Waals surface area contributed by atoms with E-state index in [1.165, 1.54) is 0 Å². The third kappa shape index (κ3) is 3.20. The molecule has 4 nitrogen and oxygen atoms in total. The minimum absolute atomic E-state index is 0.0256. The van der Waals surface area contributed by atoms with Crippen molar-refractivity contribution in [2.24, 2.45) is 5.73 Å². The largest absolute Gasteiger partial charge is 0.507 e. The summed E-state index contributed by atoms with van der Waals surface area (Å²) in [6.07, 6.45) is 0. The lowest BCUT2D eigenvalue weighted by Crippen LogP contribution is -2.40. The summed E-state index contributed by atoms with van der Waals surface area (Å²) >= 11 is 0. The van der Waals surface area contributed by atoms with Crippen LogP contribution in [-0.2, 0) is 0 Å². The second-order valence-corrected chi connectivity index (χ2v) is 4.40. The average molecular weight is 236 g/mol. The maximum absolute atomic E-state index is 12.2. The van der Waals surface area contributed by atoms with Gasteiger partial charge in [0.25, 0.3) is 5.91 Å². The Balaban J connectivity index is 3.01. The molecule has 0 saturated heterocycles. The second kappa shape index (κ2) is 5.68. The molecule has 94 valence electrons. The SMILES string of the molecule is Cc1ccc(C(=O)N(CCN)C(C)C)c(O)c1. The fourth-order valence-corrected chi connectivity index (χ4v) is 1.71. The summed E-state index contributed by atoms with van der Waals surface area (Å²) in [6, 6.07) is 5.12. The van der Waals surface area contributed by atoms with Crippen molar-refractivity contribution in [1.29, 1.82) is 0 Å². The van der Waals surface area contributed by atoms with Gasteiger partial charge in [0.2, 0.25) is 0 Å². The maximum atomic E-state index is 12.2. The highest BCUT2D eigenvalue weighted by Crippen LogP contribution is 2.20. The number of carbonyl (C=O) groups excluding carboxylic acids is 1. The molecule has 1 aromatic carbocycles. The first-order valence-corrected chi connectivity index (χ1v) is 5.78. The molecule has 0 aliphatic heterocycles. The number of nitrogens with zero attached hydrogens (tertiary/aromatic N) is 1. The number of benzene rings is 1. The Bertz CT molecular complexity index is 402. The molecular weight excluding hydrogens is 216 g/mol. The van der Waals surface area contributed by atoms with E-state index in [4.69, 9.17) is 5.73 Å². The van der Waals surface area contributed by atoms with Gasteiger partial charge in [-0.1, -0.05) is 6.07 Å². The molecule has 0 fully saturated rings. The van der Waals surface area contributed by atoms with Gasteiger partial charge in [0.15, 0.2) is 0 Å². The third-order valence-corrected chi connectivity index (χ3v) is 2.64. The summed E-state index contributed by atoms with van der Waals surface area (Å²) in [4.78, 5) is 13.9. The quantitative estimate of drug-likeness (QED) is 0.832. The maximum Gasteiger partial charge on any atom is 0.257 e. The topological polar surface area (TPSA) is 66.6 Å². The van der Waals surface area contributed by atoms with E-state index >= 15 is 0 Å². The van der Waals surface area contributed by atoms with Gasteiger partial charge in [-0.25, -0.2) is 0 Å². The highest BCUT2D eigenvalue weighted by atomic mass is 16.3. The van der Waals surface area contributed by atoms with Crippen LogP contribution in [0, 0.1) is 6.92 Å². The zero-order valence-corrected chi connectivity index (χ0v) is 10.6. The standard InChI is InChI=1S/C13H20N2O2/c1-9(2)15(7-6-14)13(17)11-5-4-10(3)8-12(11)16/h4-5,8-9,16H,6-7,14H2,1-3H3. The third-order valence-electron chi connectivity index (χ3n) is 2.64. The van der Waals surface area contributed by atoms with Crippen molar-refractivity contribution in [2.75, 3.05) is 13.1 Å². The summed E-state index contributed by atoms with van der Waals surface area (Å²) in [5.41, 5.74) is 6.75. The molecule has 3 N–H and O–H groups in total. The van der Waals surface area contributed by atoms with Crippen LogP contribution in [0.2, 0.25) is 0 Å². The highest BCUT2D eigenvalue weighted by Gasteiger charge is 2.20. The lowest BCUT2D eigenvalue weighted by atomic mass is 10.1. The number of hydrogen-bond acceptors (Lipinski definition) is 3. The van der Waals surface area contributed by atoms with Crippen LogP contribution in [0.5, 0.6) is 5.75 Å². The Labute approximate surface area is 102 Å². The molecule has 0 bridgehead atoms. The van der Waals surface area contributed by atoms with Gasteiger partial charge in [0.1, 0.15) is 5.75 Å². The first-order valence-electron chi connectivity index (χ1n) is 5.78. The van der Waals surface area contributed by atoms with Crippen LogP contribution in [0.25, 0.3) is 0 Å². The van der Waals surface area contributed by atoms with E-state index in [1.807, 2.05) is 26.8 Å². The van der Waals surface area contributed by atoms with Crippen LogP contribution in [0.4, 0.5) is 0 Å². The van der Waals surface area contributed by atoms with Crippen LogP contribution in [0.1, 0.15) is 29.8 Å². The van der Waals surface area contributed by atoms with Crippen molar-refractivity contribution in [3.8, 4) is 5.75 Å². The van der Waals surface area contributed by atoms with Gasteiger partial charge in [0, 0.05) is 19.1 Å². The van der Waals surface area contributed by atoms with Gasteiger partial charge >= 0.3 is 0 Å². The minimum Gasteiger partial charge on any atom is -0.507 e. The molecule has 17 heavy (non-hydrogen) atoms. The Kier molecular flexibility index (Phi) is 4.52. The number of nitrogens with two attached hydrogens (primary N) is 1. The average Bonchev–Trinajstić information content (AvgIpc) is 2.24. The number of phenolic OH excluding ortho intramolecular Hbond substituents is 1. The van der Waals surface area contributed by atoms with Gasteiger partial charge in [-0.15, -0.1) is 0 Å². The number of carbonyl (C=O) groups is 1. The first kappa shape index (κ1) is 13.5. The van der Waals surface area contributed by atoms with Crippen molar-refractivity contribution < 1.29 is 9.90 Å². The number of hydrogen-bond donors (Lipinski definition) is 2. The molecule has 0 aliphatic rings. The number of amides is 1. The molecule has 0 saturated carbocycles. The normalized spacial score (nSPS) is 10.6. The molecule has 0 spiro atoms. The predicted molar refractivity (Wildman–Crippen MR) is 68.1 cm³/mol. The van der Waals surface area contributed by atoms with Crippen molar-refractivity contribution in [3.05, 3.63) is 29.3 Å². The lowest BCUT2D eigenvalue weighted by Gasteiger charge is -2.26. The summed E-state index contributed by atoms with van der Waals surface area (Å²) < 4.78 is 0. The smallest absolute Gasteiger partial charge is 0.257 e. The Morgan fingerprint density at radius 2 is 2.12 bits per heavy atom. The summed E-state index contributed by atoms with van der Waals surface area (Å²) in [7, 11) is 0. The van der Waals surface area contributed by atoms with Crippen LogP contribution in [0.15, 0.2) is 18.2 Å². The van der Waals surface area contributed by atoms with Crippen LogP contribution < -0.4 is 5.73 Å². The van der Waals surface area contributed by atoms with E-state index in [0.717, 1.165) is 5.56 Å². The fourth-order valence-electron chi connectivity index (χ4n) is 1.71. The first-order chi connectivity index (χ1) is 7.97. The van der Waals surface area contributed by atoms with Crippen molar-refractivity contribution in [3.63, 3.8) is 0 Å². The molecule has 1 amide bonds. The Morgan fingerprint density at radius 3 is 2.59 bits per heavy atom. The summed E-state index contributed by atoms with van der Waals surface area (Å²) in [5, 5.41) is 9.78. The molecule has 0 radical (unpaired) electrons. The predicted octanol–water partition coefficient (Wildman–Crippen LogP) is 1.51. The minimum atomic E-state index is -0.178. The van der Waals surface area contributed by atoms with Crippen LogP contribution in [-0.4, -0.2) is 35.0 Å². The zero-order valence-electron chi connectivity index (χ0n) is 10.6. The van der Waals surface area contributed by atoms with E-state index < -0.39 is 0 Å². The van der Waals surface area contributed by atoms with Gasteiger partial charge in [-0.05, 0) is 38.5 Å².